The Morgan fingerprint density at radius 2 is 2.00 bits per heavy atom. The summed E-state index contributed by atoms with van der Waals surface area (Å²) in [6, 6.07) is 0. The van der Waals surface area contributed by atoms with Crippen molar-refractivity contribution in [3.8, 4) is 0 Å². The number of carbonyl (C=O) groups excluding carboxylic acids is 1. The molecule has 3 heteroatoms. The topological polar surface area (TPSA) is 35.5 Å². The molecule has 4 rings (SSSR count). The lowest BCUT2D eigenvalue weighted by molar-refractivity contribution is -0.157. The van der Waals surface area contributed by atoms with Crippen LogP contribution in [-0.4, -0.2) is 23.8 Å². The van der Waals surface area contributed by atoms with Gasteiger partial charge in [-0.2, -0.15) is 0 Å². The highest BCUT2D eigenvalue weighted by Crippen LogP contribution is 2.66. The van der Waals surface area contributed by atoms with Crippen LogP contribution in [0.1, 0.15) is 39.5 Å². The number of hydrogen-bond donors (Lipinski definition) is 0. The minimum atomic E-state index is -0.430. The SMILES string of the molecule is CC1(C)OC(=O)[C@@H]2C[C@H]3CCC[C@H]4CO[C@]21[C@@H]34. The van der Waals surface area contributed by atoms with Crippen molar-refractivity contribution in [3.05, 3.63) is 0 Å². The van der Waals surface area contributed by atoms with E-state index in [4.69, 9.17) is 9.47 Å². The number of ether oxygens (including phenoxy) is 2. The van der Waals surface area contributed by atoms with Crippen LogP contribution in [0.15, 0.2) is 0 Å². The van der Waals surface area contributed by atoms with Gasteiger partial charge in [-0.1, -0.05) is 12.8 Å². The maximum absolute atomic E-state index is 12.1. The molecule has 17 heavy (non-hydrogen) atoms. The molecule has 0 unspecified atom stereocenters. The van der Waals surface area contributed by atoms with Crippen LogP contribution in [0.5, 0.6) is 0 Å². The fraction of sp³-hybridized carbons (Fsp3) is 0.929. The molecule has 0 aromatic rings. The third-order valence-corrected chi connectivity index (χ3v) is 5.83. The van der Waals surface area contributed by atoms with Crippen molar-refractivity contribution in [2.75, 3.05) is 6.61 Å². The number of carbonyl (C=O) groups is 1. The fourth-order valence-electron chi connectivity index (χ4n) is 5.36. The molecule has 4 aliphatic rings. The van der Waals surface area contributed by atoms with E-state index in [2.05, 4.69) is 0 Å². The quantitative estimate of drug-likeness (QED) is 0.604. The smallest absolute Gasteiger partial charge is 0.312 e. The normalized spacial score (nSPS) is 54.4. The molecule has 0 N–H and O–H groups in total. The van der Waals surface area contributed by atoms with E-state index in [1.165, 1.54) is 19.3 Å². The highest BCUT2D eigenvalue weighted by atomic mass is 16.6. The molecule has 1 spiro atoms. The molecule has 2 heterocycles. The van der Waals surface area contributed by atoms with Gasteiger partial charge in [0.15, 0.2) is 0 Å². The fourth-order valence-corrected chi connectivity index (χ4v) is 5.36. The molecule has 94 valence electrons. The van der Waals surface area contributed by atoms with Gasteiger partial charge >= 0.3 is 5.97 Å². The molecule has 2 saturated heterocycles. The summed E-state index contributed by atoms with van der Waals surface area (Å²) >= 11 is 0. The van der Waals surface area contributed by atoms with Crippen LogP contribution in [-0.2, 0) is 14.3 Å². The zero-order valence-corrected chi connectivity index (χ0v) is 10.6. The second kappa shape index (κ2) is 2.87. The van der Waals surface area contributed by atoms with E-state index >= 15 is 0 Å². The minimum absolute atomic E-state index is 0.00921. The molecule has 2 saturated carbocycles. The van der Waals surface area contributed by atoms with Gasteiger partial charge < -0.3 is 9.47 Å². The first-order chi connectivity index (χ1) is 8.06. The van der Waals surface area contributed by atoms with Crippen LogP contribution in [0.25, 0.3) is 0 Å². The Hall–Kier alpha value is -0.570. The van der Waals surface area contributed by atoms with Gasteiger partial charge in [-0.15, -0.1) is 0 Å². The first-order valence-electron chi connectivity index (χ1n) is 6.93. The molecule has 0 aromatic carbocycles. The van der Waals surface area contributed by atoms with Crippen LogP contribution in [0.2, 0.25) is 0 Å². The average molecular weight is 236 g/mol. The molecule has 0 amide bonds. The van der Waals surface area contributed by atoms with Crippen LogP contribution in [0, 0.1) is 23.7 Å². The zero-order chi connectivity index (χ0) is 11.8. The summed E-state index contributed by atoms with van der Waals surface area (Å²) in [5, 5.41) is 0. The van der Waals surface area contributed by atoms with E-state index in [1.807, 2.05) is 13.8 Å². The third-order valence-electron chi connectivity index (χ3n) is 5.83. The van der Waals surface area contributed by atoms with Gasteiger partial charge in [0, 0.05) is 5.92 Å². The van der Waals surface area contributed by atoms with Crippen molar-refractivity contribution in [1.29, 1.82) is 0 Å². The van der Waals surface area contributed by atoms with Crippen molar-refractivity contribution >= 4 is 5.97 Å². The second-order valence-corrected chi connectivity index (χ2v) is 6.80. The van der Waals surface area contributed by atoms with Crippen LogP contribution >= 0.6 is 0 Å². The lowest BCUT2D eigenvalue weighted by Crippen LogP contribution is -2.53. The van der Waals surface area contributed by atoms with Gasteiger partial charge in [0.1, 0.15) is 11.2 Å². The van der Waals surface area contributed by atoms with E-state index in [0.717, 1.165) is 13.0 Å². The van der Waals surface area contributed by atoms with E-state index in [1.54, 1.807) is 0 Å². The maximum Gasteiger partial charge on any atom is 0.312 e. The summed E-state index contributed by atoms with van der Waals surface area (Å²) in [4.78, 5) is 12.1. The molecule has 0 radical (unpaired) electrons. The third kappa shape index (κ3) is 0.975. The van der Waals surface area contributed by atoms with Crippen LogP contribution in [0.4, 0.5) is 0 Å². The predicted octanol–water partition coefficient (Wildman–Crippen LogP) is 2.14. The highest BCUT2D eigenvalue weighted by Gasteiger charge is 2.75. The maximum atomic E-state index is 12.1. The number of hydrogen-bond acceptors (Lipinski definition) is 3. The molecular weight excluding hydrogens is 216 g/mol. The summed E-state index contributed by atoms with van der Waals surface area (Å²) in [5.41, 5.74) is -0.722. The minimum Gasteiger partial charge on any atom is -0.456 e. The van der Waals surface area contributed by atoms with Gasteiger partial charge in [0.05, 0.1) is 12.5 Å². The Kier molecular flexibility index (Phi) is 1.75. The molecule has 5 atom stereocenters. The van der Waals surface area contributed by atoms with Crippen molar-refractivity contribution in [1.82, 2.24) is 0 Å². The summed E-state index contributed by atoms with van der Waals surface area (Å²) in [7, 11) is 0. The monoisotopic (exact) mass is 236 g/mol. The first-order valence-corrected chi connectivity index (χ1v) is 6.93. The second-order valence-electron chi connectivity index (χ2n) is 6.80. The lowest BCUT2D eigenvalue weighted by Gasteiger charge is -2.41. The highest BCUT2D eigenvalue weighted by molar-refractivity contribution is 5.79. The van der Waals surface area contributed by atoms with E-state index in [9.17, 15) is 4.79 Å². The van der Waals surface area contributed by atoms with Crippen molar-refractivity contribution in [3.63, 3.8) is 0 Å². The molecule has 3 nitrogen and oxygen atoms in total. The summed E-state index contributed by atoms with van der Waals surface area (Å²) < 4.78 is 11.9. The Labute approximate surface area is 102 Å². The van der Waals surface area contributed by atoms with Crippen molar-refractivity contribution in [2.45, 2.75) is 50.7 Å². The molecule has 0 aromatic heterocycles. The van der Waals surface area contributed by atoms with Gasteiger partial charge in [-0.25, -0.2) is 0 Å². The van der Waals surface area contributed by atoms with Gasteiger partial charge in [0.25, 0.3) is 0 Å². The molecular formula is C14H20O3. The number of esters is 1. The Balaban J connectivity index is 1.86. The zero-order valence-electron chi connectivity index (χ0n) is 10.6. The molecule has 0 bridgehead atoms. The van der Waals surface area contributed by atoms with Gasteiger partial charge in [0.2, 0.25) is 0 Å². The summed E-state index contributed by atoms with van der Waals surface area (Å²) in [6.45, 7) is 4.94. The predicted molar refractivity (Wildman–Crippen MR) is 61.3 cm³/mol. The molecule has 2 aliphatic carbocycles. The van der Waals surface area contributed by atoms with Crippen molar-refractivity contribution < 1.29 is 14.3 Å². The van der Waals surface area contributed by atoms with Gasteiger partial charge in [-0.3, -0.25) is 4.79 Å². The first kappa shape index (κ1) is 10.4. The van der Waals surface area contributed by atoms with Gasteiger partial charge in [-0.05, 0) is 38.5 Å². The van der Waals surface area contributed by atoms with Crippen molar-refractivity contribution in [2.24, 2.45) is 23.7 Å². The van der Waals surface area contributed by atoms with E-state index in [0.29, 0.717) is 17.8 Å². The van der Waals surface area contributed by atoms with E-state index < -0.39 is 5.60 Å². The Morgan fingerprint density at radius 3 is 2.82 bits per heavy atom. The standard InChI is InChI=1S/C14H20O3/c1-13(2)14-10(12(15)17-13)6-8-4-3-5-9(7-16-14)11(8)14/h8-11H,3-7H2,1-2H3/t8-,9+,10+,11+,14+/m1/s1. The van der Waals surface area contributed by atoms with E-state index in [-0.39, 0.29) is 17.5 Å². The Morgan fingerprint density at radius 1 is 1.24 bits per heavy atom. The van der Waals surface area contributed by atoms with Crippen LogP contribution in [0.3, 0.4) is 0 Å². The lowest BCUT2D eigenvalue weighted by atomic mass is 9.66. The summed E-state index contributed by atoms with van der Waals surface area (Å²) in [5.74, 6) is 1.95. The largest absolute Gasteiger partial charge is 0.456 e. The average Bonchev–Trinajstić information content (AvgIpc) is 2.85. The molecule has 4 fully saturated rings. The molecule has 2 aliphatic heterocycles. The Bertz CT molecular complexity index is 389. The summed E-state index contributed by atoms with van der Waals surface area (Å²) in [6.07, 6.45) is 4.88. The number of rotatable bonds is 0. The number of cyclic esters (lactones) is 1. The van der Waals surface area contributed by atoms with Crippen LogP contribution < -0.4 is 0 Å².